The van der Waals surface area contributed by atoms with Crippen LogP contribution in [0.25, 0.3) is 0 Å². The maximum atomic E-state index is 14.8. The molecule has 1 saturated carbocycles. The molecule has 1 amide bonds. The molecule has 348 valence electrons. The van der Waals surface area contributed by atoms with Gasteiger partial charge in [-0.1, -0.05) is 75.3 Å². The molecule has 13 nitrogen and oxygen atoms in total. The Kier molecular flexibility index (Phi) is 14.0. The Bertz CT molecular complexity index is 1640. The van der Waals surface area contributed by atoms with Gasteiger partial charge in [0.15, 0.2) is 11.6 Å². The molecule has 5 aliphatic heterocycles. The number of carbonyl (C=O) groups excluding carboxylic acids is 2. The zero-order chi connectivity index (χ0) is 45.1. The molecule has 61 heavy (non-hydrogen) atoms. The van der Waals surface area contributed by atoms with E-state index in [0.717, 1.165) is 6.42 Å². The van der Waals surface area contributed by atoms with E-state index in [4.69, 9.17) is 28.4 Å². The van der Waals surface area contributed by atoms with E-state index in [0.29, 0.717) is 64.2 Å². The molecule has 18 atom stereocenters. The highest BCUT2D eigenvalue weighted by Crippen LogP contribution is 2.68. The molecule has 5 fully saturated rings. The number of aliphatic hydroxyl groups excluding tert-OH is 1. The summed E-state index contributed by atoms with van der Waals surface area (Å²) in [4.78, 5) is 40.2. The molecule has 0 bridgehead atoms. The fourth-order valence-electron chi connectivity index (χ4n) is 12.2. The largest absolute Gasteiger partial charge is 0.481 e. The van der Waals surface area contributed by atoms with Crippen molar-refractivity contribution >= 4 is 17.8 Å². The lowest BCUT2D eigenvalue weighted by atomic mass is 9.72. The second-order valence-electron chi connectivity index (χ2n) is 21.1. The SMILES string of the molecule is CCC(C(=O)[C@@H](C)[C@@H](O)C1(C)C[C@]12O[C@@H]([C@@H](CC)C(=O)O)CC[C@@H]2C)[C@H]1O[C@]2(C=C[C@@H](NC(=O)OCC(C)C)[C@]3(CC[C@@](C)([C@H]4CC[C@](O)(CC)[C@H](C)O4)O3)O2)[C@H](C)C[C@@H]1C. The van der Waals surface area contributed by atoms with Gasteiger partial charge in [0.25, 0.3) is 0 Å². The Morgan fingerprint density at radius 2 is 1.59 bits per heavy atom. The lowest BCUT2D eigenvalue weighted by Gasteiger charge is -2.55. The van der Waals surface area contributed by atoms with E-state index >= 15 is 0 Å². The first kappa shape index (κ1) is 48.3. The van der Waals surface area contributed by atoms with Crippen LogP contribution in [0.3, 0.4) is 0 Å². The van der Waals surface area contributed by atoms with Crippen LogP contribution >= 0.6 is 0 Å². The molecule has 6 aliphatic rings. The molecule has 13 heteroatoms. The van der Waals surface area contributed by atoms with E-state index in [9.17, 15) is 29.7 Å². The highest BCUT2D eigenvalue weighted by atomic mass is 16.8. The monoisotopic (exact) mass is 862 g/mol. The van der Waals surface area contributed by atoms with Gasteiger partial charge in [-0.3, -0.25) is 9.59 Å². The van der Waals surface area contributed by atoms with Crippen LogP contribution in [0.15, 0.2) is 12.2 Å². The lowest BCUT2D eigenvalue weighted by Crippen LogP contribution is -2.65. The van der Waals surface area contributed by atoms with Gasteiger partial charge >= 0.3 is 12.1 Å². The number of hydrogen-bond donors (Lipinski definition) is 4. The molecule has 6 rings (SSSR count). The number of aliphatic hydroxyl groups is 2. The van der Waals surface area contributed by atoms with Gasteiger partial charge in [-0.05, 0) is 102 Å². The molecular formula is C48H79NO12. The van der Waals surface area contributed by atoms with E-state index < -0.39 is 94.1 Å². The smallest absolute Gasteiger partial charge is 0.407 e. The second kappa shape index (κ2) is 17.7. The maximum Gasteiger partial charge on any atom is 0.407 e. The van der Waals surface area contributed by atoms with Crippen molar-refractivity contribution in [1.82, 2.24) is 5.32 Å². The summed E-state index contributed by atoms with van der Waals surface area (Å²) in [5.41, 5.74) is -3.14. The third kappa shape index (κ3) is 8.61. The van der Waals surface area contributed by atoms with Crippen LogP contribution in [-0.4, -0.2) is 105 Å². The number of aliphatic carboxylic acids is 1. The number of ketones is 1. The van der Waals surface area contributed by atoms with Crippen LogP contribution in [0.2, 0.25) is 0 Å². The molecule has 4 saturated heterocycles. The minimum atomic E-state index is -1.36. The summed E-state index contributed by atoms with van der Waals surface area (Å²) in [6, 6.07) is -0.723. The molecule has 5 heterocycles. The molecule has 0 radical (unpaired) electrons. The number of rotatable bonds is 14. The van der Waals surface area contributed by atoms with E-state index in [1.54, 1.807) is 6.92 Å². The standard InChI is InChI=1S/C48H79NO12/c1-13-33(41(52)53)35-17-16-29(7)46(58-35)26-43(46,11)40(51)31(9)38(50)34(14-2)39-28(6)24-30(8)47(59-39)21-18-36(49-42(54)56-25-27(4)5)48(61-47)23-22-44(12,60-48)37-19-20-45(55,15-3)32(10)57-37/h18,21,27-37,39-40,51,55H,13-17,19-20,22-26H2,1-12H3,(H,49,54)(H,52,53)/t28-,29-,30+,31+,32-,33+,34?,35+,36+,37+,39-,40+,43?,44-,45+,46+,47-,48-/m0/s1. The maximum absolute atomic E-state index is 14.8. The van der Waals surface area contributed by atoms with Crippen molar-refractivity contribution in [3.63, 3.8) is 0 Å². The first-order valence-electron chi connectivity index (χ1n) is 23.7. The summed E-state index contributed by atoms with van der Waals surface area (Å²) in [7, 11) is 0. The van der Waals surface area contributed by atoms with Gasteiger partial charge in [0.2, 0.25) is 0 Å². The average Bonchev–Trinajstić information content (AvgIpc) is 3.67. The number of amides is 1. The van der Waals surface area contributed by atoms with Crippen molar-refractivity contribution in [2.24, 2.45) is 46.8 Å². The summed E-state index contributed by atoms with van der Waals surface area (Å²) in [5.74, 6) is -5.45. The number of hydrogen-bond acceptors (Lipinski definition) is 11. The molecule has 2 unspecified atom stereocenters. The van der Waals surface area contributed by atoms with Crippen molar-refractivity contribution in [1.29, 1.82) is 0 Å². The third-order valence-electron chi connectivity index (χ3n) is 16.6. The van der Waals surface area contributed by atoms with Crippen molar-refractivity contribution in [3.05, 3.63) is 12.2 Å². The van der Waals surface area contributed by atoms with Crippen molar-refractivity contribution in [2.75, 3.05) is 6.61 Å². The number of carbonyl (C=O) groups is 3. The van der Waals surface area contributed by atoms with E-state index in [1.807, 2.05) is 67.5 Å². The van der Waals surface area contributed by atoms with Crippen molar-refractivity contribution < 1.29 is 58.1 Å². The Balaban J connectivity index is 1.24. The zero-order valence-corrected chi connectivity index (χ0v) is 39.2. The first-order valence-corrected chi connectivity index (χ1v) is 23.7. The average molecular weight is 862 g/mol. The normalized spacial score (nSPS) is 45.4. The van der Waals surface area contributed by atoms with Gasteiger partial charge in [-0.2, -0.15) is 0 Å². The van der Waals surface area contributed by atoms with Crippen LogP contribution < -0.4 is 5.32 Å². The van der Waals surface area contributed by atoms with Gasteiger partial charge in [-0.15, -0.1) is 0 Å². The quantitative estimate of drug-likeness (QED) is 0.125. The number of ether oxygens (including phenoxy) is 6. The third-order valence-corrected chi connectivity index (χ3v) is 16.6. The van der Waals surface area contributed by atoms with Crippen molar-refractivity contribution in [2.45, 2.75) is 219 Å². The van der Waals surface area contributed by atoms with Gasteiger partial charge in [0.1, 0.15) is 11.8 Å². The predicted octanol–water partition coefficient (Wildman–Crippen LogP) is 7.72. The summed E-state index contributed by atoms with van der Waals surface area (Å²) in [6.45, 7) is 24.0. The Morgan fingerprint density at radius 3 is 2.20 bits per heavy atom. The molecule has 3 spiro atoms. The number of carboxylic acids is 1. The van der Waals surface area contributed by atoms with Gasteiger partial charge in [0.05, 0.1) is 59.8 Å². The second-order valence-corrected chi connectivity index (χ2v) is 21.1. The highest BCUT2D eigenvalue weighted by molar-refractivity contribution is 5.84. The lowest BCUT2D eigenvalue weighted by molar-refractivity contribution is -0.398. The Hall–Kier alpha value is -2.13. The van der Waals surface area contributed by atoms with Crippen LogP contribution in [0.4, 0.5) is 4.79 Å². The minimum absolute atomic E-state index is 0.0230. The molecule has 0 aromatic heterocycles. The number of carboxylic acid groups (broad SMARTS) is 1. The van der Waals surface area contributed by atoms with Crippen LogP contribution in [0, 0.1) is 46.8 Å². The van der Waals surface area contributed by atoms with Gasteiger partial charge in [-0.25, -0.2) is 4.79 Å². The summed E-state index contributed by atoms with van der Waals surface area (Å²) in [5, 5.41) is 36.3. The number of nitrogens with one attached hydrogen (secondary N) is 1. The first-order chi connectivity index (χ1) is 28.5. The minimum Gasteiger partial charge on any atom is -0.481 e. The highest BCUT2D eigenvalue weighted by Gasteiger charge is 2.74. The summed E-state index contributed by atoms with van der Waals surface area (Å²) < 4.78 is 40.3. The van der Waals surface area contributed by atoms with Gasteiger partial charge < -0.3 is 49.1 Å². The predicted molar refractivity (Wildman–Crippen MR) is 228 cm³/mol. The summed E-state index contributed by atoms with van der Waals surface area (Å²) in [6.07, 6.45) is 6.85. The Labute approximate surface area is 364 Å². The van der Waals surface area contributed by atoms with E-state index in [2.05, 4.69) is 26.1 Å². The number of alkyl carbamates (subject to hydrolysis) is 1. The van der Waals surface area contributed by atoms with Crippen LogP contribution in [0.5, 0.6) is 0 Å². The molecule has 0 aromatic rings. The zero-order valence-electron chi connectivity index (χ0n) is 39.2. The Morgan fingerprint density at radius 1 is 0.902 bits per heavy atom. The topological polar surface area (TPSA) is 179 Å². The fraction of sp³-hybridized carbons (Fsp3) is 0.896. The van der Waals surface area contributed by atoms with Gasteiger partial charge in [0, 0.05) is 29.6 Å². The number of Topliss-reactive ketones (excluding diaryl/α,β-unsaturated/α-hetero) is 1. The van der Waals surface area contributed by atoms with E-state index in [1.165, 1.54) is 0 Å². The molecule has 4 N–H and O–H groups in total. The molecular weight excluding hydrogens is 783 g/mol. The fourth-order valence-corrected chi connectivity index (χ4v) is 12.2. The molecule has 1 aliphatic carbocycles. The van der Waals surface area contributed by atoms with Crippen LogP contribution in [-0.2, 0) is 38.0 Å². The van der Waals surface area contributed by atoms with Crippen LogP contribution in [0.1, 0.15) is 154 Å². The summed E-state index contributed by atoms with van der Waals surface area (Å²) >= 11 is 0. The molecule has 0 aromatic carbocycles. The van der Waals surface area contributed by atoms with Crippen molar-refractivity contribution in [3.8, 4) is 0 Å². The van der Waals surface area contributed by atoms with E-state index in [-0.39, 0.29) is 42.2 Å².